The predicted octanol–water partition coefficient (Wildman–Crippen LogP) is 1.26. The van der Waals surface area contributed by atoms with E-state index >= 15 is 0 Å². The molecule has 2 atom stereocenters. The SMILES string of the molecule is CNc1ncc([N+](=O)[O-])c(NC(C)C2CCOC2)n1. The van der Waals surface area contributed by atoms with Crippen molar-refractivity contribution >= 4 is 17.5 Å². The van der Waals surface area contributed by atoms with Crippen LogP contribution >= 0.6 is 0 Å². The minimum atomic E-state index is -0.486. The summed E-state index contributed by atoms with van der Waals surface area (Å²) in [5, 5.41) is 16.8. The molecule has 0 radical (unpaired) electrons. The smallest absolute Gasteiger partial charge is 0.329 e. The second-order valence-electron chi connectivity index (χ2n) is 4.49. The maximum absolute atomic E-state index is 11.0. The van der Waals surface area contributed by atoms with Crippen LogP contribution in [0.3, 0.4) is 0 Å². The first-order chi connectivity index (χ1) is 9.11. The van der Waals surface area contributed by atoms with Crippen molar-refractivity contribution in [1.29, 1.82) is 0 Å². The van der Waals surface area contributed by atoms with Gasteiger partial charge in [-0.2, -0.15) is 4.98 Å². The van der Waals surface area contributed by atoms with Crippen LogP contribution in [0.4, 0.5) is 17.5 Å². The lowest BCUT2D eigenvalue weighted by Crippen LogP contribution is -2.27. The Hall–Kier alpha value is -1.96. The number of nitrogens with one attached hydrogen (secondary N) is 2. The molecule has 8 nitrogen and oxygen atoms in total. The lowest BCUT2D eigenvalue weighted by molar-refractivity contribution is -0.384. The van der Waals surface area contributed by atoms with E-state index in [0.717, 1.165) is 13.0 Å². The molecule has 0 aromatic carbocycles. The highest BCUT2D eigenvalue weighted by Gasteiger charge is 2.25. The Morgan fingerprint density at radius 2 is 2.42 bits per heavy atom. The van der Waals surface area contributed by atoms with Crippen molar-refractivity contribution in [1.82, 2.24) is 9.97 Å². The Labute approximate surface area is 110 Å². The van der Waals surface area contributed by atoms with Crippen LogP contribution in [-0.2, 0) is 4.74 Å². The topological polar surface area (TPSA) is 102 Å². The van der Waals surface area contributed by atoms with E-state index in [1.54, 1.807) is 7.05 Å². The van der Waals surface area contributed by atoms with E-state index in [4.69, 9.17) is 4.74 Å². The van der Waals surface area contributed by atoms with Gasteiger partial charge in [0.05, 0.1) is 11.5 Å². The molecule has 19 heavy (non-hydrogen) atoms. The van der Waals surface area contributed by atoms with Crippen LogP contribution in [0.1, 0.15) is 13.3 Å². The van der Waals surface area contributed by atoms with Gasteiger partial charge in [-0.1, -0.05) is 0 Å². The second kappa shape index (κ2) is 5.79. The van der Waals surface area contributed by atoms with Crippen molar-refractivity contribution in [2.45, 2.75) is 19.4 Å². The summed E-state index contributed by atoms with van der Waals surface area (Å²) in [5.74, 6) is 0.930. The molecule has 0 bridgehead atoms. The molecule has 1 aliphatic heterocycles. The van der Waals surface area contributed by atoms with Crippen LogP contribution in [0.5, 0.6) is 0 Å². The molecule has 1 aromatic rings. The molecule has 2 heterocycles. The number of hydrogen-bond donors (Lipinski definition) is 2. The average molecular weight is 267 g/mol. The summed E-state index contributed by atoms with van der Waals surface area (Å²) in [6.45, 7) is 3.39. The molecule has 1 aromatic heterocycles. The minimum absolute atomic E-state index is 0.0563. The van der Waals surface area contributed by atoms with Crippen molar-refractivity contribution in [3.63, 3.8) is 0 Å². The normalized spacial score (nSPS) is 20.0. The van der Waals surface area contributed by atoms with Crippen molar-refractivity contribution in [2.24, 2.45) is 5.92 Å². The number of aromatic nitrogens is 2. The third kappa shape index (κ3) is 3.08. The van der Waals surface area contributed by atoms with E-state index in [2.05, 4.69) is 20.6 Å². The standard InChI is InChI=1S/C11H17N5O3/c1-7(8-3-4-19-6-8)14-10-9(16(17)18)5-13-11(12-2)15-10/h5,7-8H,3-4,6H2,1-2H3,(H2,12,13,14,15). The fourth-order valence-corrected chi connectivity index (χ4v) is 2.02. The zero-order valence-corrected chi connectivity index (χ0v) is 10.9. The van der Waals surface area contributed by atoms with E-state index in [0.29, 0.717) is 18.5 Å². The van der Waals surface area contributed by atoms with Crippen LogP contribution in [0.15, 0.2) is 6.20 Å². The largest absolute Gasteiger partial charge is 0.381 e. The van der Waals surface area contributed by atoms with Gasteiger partial charge in [-0.15, -0.1) is 0 Å². The zero-order chi connectivity index (χ0) is 13.8. The van der Waals surface area contributed by atoms with Gasteiger partial charge in [-0.05, 0) is 13.3 Å². The molecule has 2 rings (SSSR count). The van der Waals surface area contributed by atoms with Gasteiger partial charge in [-0.25, -0.2) is 4.98 Å². The van der Waals surface area contributed by atoms with Gasteiger partial charge in [-0.3, -0.25) is 10.1 Å². The molecule has 1 aliphatic rings. The summed E-state index contributed by atoms with van der Waals surface area (Å²) < 4.78 is 5.32. The van der Waals surface area contributed by atoms with E-state index in [1.165, 1.54) is 6.20 Å². The number of anilines is 2. The summed E-state index contributed by atoms with van der Waals surface area (Å²) in [6, 6.07) is 0.0563. The molecule has 1 saturated heterocycles. The number of ether oxygens (including phenoxy) is 1. The van der Waals surface area contributed by atoms with Gasteiger partial charge >= 0.3 is 5.69 Å². The number of hydrogen-bond acceptors (Lipinski definition) is 7. The number of nitrogens with zero attached hydrogens (tertiary/aromatic N) is 3. The summed E-state index contributed by atoms with van der Waals surface area (Å²) in [4.78, 5) is 18.4. The molecule has 8 heteroatoms. The van der Waals surface area contributed by atoms with Crippen LogP contribution in [0.25, 0.3) is 0 Å². The van der Waals surface area contributed by atoms with E-state index < -0.39 is 4.92 Å². The lowest BCUT2D eigenvalue weighted by Gasteiger charge is -2.19. The quantitative estimate of drug-likeness (QED) is 0.611. The maximum atomic E-state index is 11.0. The summed E-state index contributed by atoms with van der Waals surface area (Å²) in [6.07, 6.45) is 2.16. The zero-order valence-electron chi connectivity index (χ0n) is 10.9. The van der Waals surface area contributed by atoms with Gasteiger partial charge in [0.25, 0.3) is 0 Å². The number of nitro groups is 1. The van der Waals surface area contributed by atoms with Crippen LogP contribution in [-0.4, -0.2) is 41.2 Å². The third-order valence-electron chi connectivity index (χ3n) is 3.23. The van der Waals surface area contributed by atoms with Crippen LogP contribution < -0.4 is 10.6 Å². The fraction of sp³-hybridized carbons (Fsp3) is 0.636. The lowest BCUT2D eigenvalue weighted by atomic mass is 10.0. The third-order valence-corrected chi connectivity index (χ3v) is 3.23. The van der Waals surface area contributed by atoms with Gasteiger partial charge in [0.2, 0.25) is 11.8 Å². The van der Waals surface area contributed by atoms with Crippen molar-refractivity contribution in [3.8, 4) is 0 Å². The minimum Gasteiger partial charge on any atom is -0.381 e. The first-order valence-electron chi connectivity index (χ1n) is 6.15. The van der Waals surface area contributed by atoms with Crippen LogP contribution in [0.2, 0.25) is 0 Å². The van der Waals surface area contributed by atoms with Crippen molar-refractivity contribution < 1.29 is 9.66 Å². The molecule has 1 fully saturated rings. The highest BCUT2D eigenvalue weighted by molar-refractivity contribution is 5.57. The molecule has 0 amide bonds. The van der Waals surface area contributed by atoms with Crippen molar-refractivity contribution in [3.05, 3.63) is 16.3 Å². The molecule has 0 saturated carbocycles. The van der Waals surface area contributed by atoms with E-state index in [1.807, 2.05) is 6.92 Å². The van der Waals surface area contributed by atoms with Gasteiger partial charge in [0.1, 0.15) is 6.20 Å². The van der Waals surface area contributed by atoms with Gasteiger partial charge in [0, 0.05) is 25.6 Å². The second-order valence-corrected chi connectivity index (χ2v) is 4.49. The molecule has 104 valence electrons. The number of rotatable bonds is 5. The Morgan fingerprint density at radius 1 is 1.63 bits per heavy atom. The Balaban J connectivity index is 2.18. The highest BCUT2D eigenvalue weighted by Crippen LogP contribution is 2.25. The Kier molecular flexibility index (Phi) is 4.10. The van der Waals surface area contributed by atoms with Crippen LogP contribution in [0, 0.1) is 16.0 Å². The van der Waals surface area contributed by atoms with E-state index in [9.17, 15) is 10.1 Å². The first kappa shape index (κ1) is 13.5. The molecule has 0 spiro atoms. The Bertz CT molecular complexity index is 462. The molecule has 0 aliphatic carbocycles. The average Bonchev–Trinajstić information content (AvgIpc) is 2.92. The predicted molar refractivity (Wildman–Crippen MR) is 70.2 cm³/mol. The van der Waals surface area contributed by atoms with Gasteiger partial charge in [0.15, 0.2) is 0 Å². The molecule has 2 N–H and O–H groups in total. The highest BCUT2D eigenvalue weighted by atomic mass is 16.6. The summed E-state index contributed by atoms with van der Waals surface area (Å²) in [5.41, 5.74) is -0.121. The first-order valence-corrected chi connectivity index (χ1v) is 6.15. The molecular weight excluding hydrogens is 250 g/mol. The molecule has 2 unspecified atom stereocenters. The van der Waals surface area contributed by atoms with Crippen molar-refractivity contribution in [2.75, 3.05) is 30.9 Å². The summed E-state index contributed by atoms with van der Waals surface area (Å²) in [7, 11) is 1.67. The fourth-order valence-electron chi connectivity index (χ4n) is 2.02. The molecular formula is C11H17N5O3. The monoisotopic (exact) mass is 267 g/mol. The maximum Gasteiger partial charge on any atom is 0.329 e. The van der Waals surface area contributed by atoms with Gasteiger partial charge < -0.3 is 15.4 Å². The Morgan fingerprint density at radius 3 is 3.00 bits per heavy atom. The summed E-state index contributed by atoms with van der Waals surface area (Å²) >= 11 is 0. The van der Waals surface area contributed by atoms with E-state index in [-0.39, 0.29) is 17.5 Å².